The highest BCUT2D eigenvalue weighted by atomic mass is 31.2. The fraction of sp³-hybridized carbons (Fsp3) is 0.792. The van der Waals surface area contributed by atoms with Crippen LogP contribution >= 0.6 is 7.82 Å². The topological polar surface area (TPSA) is 129 Å². The maximum atomic E-state index is 12.7. The van der Waals surface area contributed by atoms with E-state index >= 15 is 0 Å². The Morgan fingerprint density at radius 3 is 1.73 bits per heavy atom. The highest BCUT2D eigenvalue weighted by molar-refractivity contribution is 7.47. The van der Waals surface area contributed by atoms with Crippen LogP contribution in [0.25, 0.3) is 0 Å². The Hall–Kier alpha value is -2.07. The van der Waals surface area contributed by atoms with Gasteiger partial charge in [0, 0.05) is 12.8 Å². The molecule has 0 aromatic carbocycles. The predicted molar refractivity (Wildman–Crippen MR) is 244 cm³/mol. The van der Waals surface area contributed by atoms with Crippen molar-refractivity contribution >= 4 is 19.8 Å². The van der Waals surface area contributed by atoms with E-state index in [0.717, 1.165) is 32.1 Å². The molecule has 0 aliphatic carbocycles. The van der Waals surface area contributed by atoms with Gasteiger partial charge in [-0.3, -0.25) is 18.6 Å². The zero-order chi connectivity index (χ0) is 43.7. The number of unbranched alkanes of at least 4 members (excludes halogenated alkanes) is 20. The summed E-state index contributed by atoms with van der Waals surface area (Å²) in [5.74, 6) is -0.901. The van der Waals surface area contributed by atoms with Gasteiger partial charge >= 0.3 is 19.8 Å². The minimum absolute atomic E-state index is 0.0127. The summed E-state index contributed by atoms with van der Waals surface area (Å²) in [4.78, 5) is 35.4. The SMILES string of the molecule is CCCCC/C=C\C=C/[C@@H](O)C/C=C\C/C=C/CCCC(=O)OC[C@H](COP(=O)(O)OCC[N+](C)(C)C)OC(=O)CCCCCCCCCCCCCCCCCCC. The van der Waals surface area contributed by atoms with Crippen molar-refractivity contribution in [3.8, 4) is 0 Å². The lowest BCUT2D eigenvalue weighted by atomic mass is 10.0. The number of phosphoric ester groups is 1. The van der Waals surface area contributed by atoms with Gasteiger partial charge < -0.3 is 24.0 Å². The van der Waals surface area contributed by atoms with Crippen LogP contribution in [0, 0.1) is 0 Å². The summed E-state index contributed by atoms with van der Waals surface area (Å²) in [6, 6.07) is 0. The standard InChI is InChI=1S/C48H88NO9P/c1-6-8-10-12-14-15-16-17-18-19-20-21-22-23-27-32-36-40-48(52)58-46(44-57-59(53,54)56-42-41-49(3,4)5)43-55-47(51)39-35-31-28-24-26-30-34-38-45(50)37-33-29-25-13-11-9-7-2/h24-25,28-30,33-34,37,45-46,50H,6-23,26-27,31-32,35-36,38-44H2,1-5H3/p+1/b28-24+,29-25-,34-30-,37-33-/t45-,46-/m1/s1. The summed E-state index contributed by atoms with van der Waals surface area (Å²) >= 11 is 0. The molecule has 0 aromatic rings. The van der Waals surface area contributed by atoms with E-state index in [1.165, 1.54) is 103 Å². The number of allylic oxidation sites excluding steroid dienone is 6. The molecular weight excluding hydrogens is 765 g/mol. The summed E-state index contributed by atoms with van der Waals surface area (Å²) in [5, 5.41) is 10.1. The summed E-state index contributed by atoms with van der Waals surface area (Å²) in [6.07, 6.45) is 43.3. The maximum Gasteiger partial charge on any atom is 0.472 e. The molecule has 11 heteroatoms. The molecule has 0 aliphatic heterocycles. The Morgan fingerprint density at radius 2 is 1.14 bits per heavy atom. The fourth-order valence-corrected chi connectivity index (χ4v) is 6.95. The van der Waals surface area contributed by atoms with Crippen LogP contribution in [0.4, 0.5) is 0 Å². The van der Waals surface area contributed by atoms with Crippen LogP contribution in [0.2, 0.25) is 0 Å². The zero-order valence-electron chi connectivity index (χ0n) is 38.3. The van der Waals surface area contributed by atoms with Gasteiger partial charge in [0.1, 0.15) is 19.8 Å². The van der Waals surface area contributed by atoms with Crippen LogP contribution in [-0.4, -0.2) is 86.1 Å². The number of esters is 2. The number of aliphatic hydroxyl groups is 1. The molecule has 1 unspecified atom stereocenters. The lowest BCUT2D eigenvalue weighted by Crippen LogP contribution is -2.37. The lowest BCUT2D eigenvalue weighted by molar-refractivity contribution is -0.870. The summed E-state index contributed by atoms with van der Waals surface area (Å²) in [6.45, 7) is 4.25. The van der Waals surface area contributed by atoms with E-state index in [1.807, 2.05) is 57.6 Å². The number of hydrogen-bond acceptors (Lipinski definition) is 8. The van der Waals surface area contributed by atoms with Gasteiger partial charge in [-0.25, -0.2) is 4.57 Å². The van der Waals surface area contributed by atoms with E-state index in [1.54, 1.807) is 6.08 Å². The molecule has 0 aliphatic rings. The minimum atomic E-state index is -4.40. The first-order valence-corrected chi connectivity index (χ1v) is 25.0. The maximum absolute atomic E-state index is 12.7. The van der Waals surface area contributed by atoms with Crippen molar-refractivity contribution in [2.24, 2.45) is 0 Å². The summed E-state index contributed by atoms with van der Waals surface area (Å²) in [5.41, 5.74) is 0. The van der Waals surface area contributed by atoms with Crippen molar-refractivity contribution in [3.63, 3.8) is 0 Å². The van der Waals surface area contributed by atoms with Crippen LogP contribution < -0.4 is 0 Å². The molecule has 0 saturated carbocycles. The van der Waals surface area contributed by atoms with E-state index in [9.17, 15) is 24.2 Å². The highest BCUT2D eigenvalue weighted by Gasteiger charge is 2.27. The van der Waals surface area contributed by atoms with Gasteiger partial charge in [-0.15, -0.1) is 0 Å². The van der Waals surface area contributed by atoms with Crippen molar-refractivity contribution in [2.45, 2.75) is 199 Å². The molecular formula is C48H89NO9P+. The molecule has 3 atom stereocenters. The molecule has 0 fully saturated rings. The molecule has 0 radical (unpaired) electrons. The lowest BCUT2D eigenvalue weighted by Gasteiger charge is -2.24. The molecule has 0 aromatic heterocycles. The van der Waals surface area contributed by atoms with Crippen LogP contribution in [0.5, 0.6) is 0 Å². The van der Waals surface area contributed by atoms with Gasteiger partial charge in [0.2, 0.25) is 0 Å². The fourth-order valence-electron chi connectivity index (χ4n) is 6.20. The monoisotopic (exact) mass is 855 g/mol. The van der Waals surface area contributed by atoms with E-state index in [4.69, 9.17) is 18.5 Å². The van der Waals surface area contributed by atoms with Gasteiger partial charge in [-0.05, 0) is 44.9 Å². The van der Waals surface area contributed by atoms with E-state index in [-0.39, 0.29) is 26.1 Å². The van der Waals surface area contributed by atoms with Crippen molar-refractivity contribution in [1.82, 2.24) is 0 Å². The molecule has 344 valence electrons. The van der Waals surface area contributed by atoms with E-state index in [0.29, 0.717) is 36.7 Å². The second-order valence-electron chi connectivity index (χ2n) is 17.0. The van der Waals surface area contributed by atoms with Crippen molar-refractivity contribution in [2.75, 3.05) is 47.5 Å². The Balaban J connectivity index is 4.45. The van der Waals surface area contributed by atoms with Gasteiger partial charge in [0.05, 0.1) is 33.9 Å². The number of nitrogens with zero attached hydrogens (tertiary/aromatic N) is 1. The largest absolute Gasteiger partial charge is 0.472 e. The quantitative estimate of drug-likeness (QED) is 0.0154. The smallest absolute Gasteiger partial charge is 0.462 e. The van der Waals surface area contributed by atoms with Crippen molar-refractivity contribution in [1.29, 1.82) is 0 Å². The third-order valence-corrected chi connectivity index (χ3v) is 10.9. The van der Waals surface area contributed by atoms with Crippen molar-refractivity contribution in [3.05, 3.63) is 48.6 Å². The molecule has 0 saturated heterocycles. The Bertz CT molecular complexity index is 1160. The molecule has 0 amide bonds. The van der Waals surface area contributed by atoms with Gasteiger partial charge in [0.25, 0.3) is 0 Å². The van der Waals surface area contributed by atoms with Crippen molar-refractivity contribution < 1.29 is 47.2 Å². The first-order chi connectivity index (χ1) is 28.4. The predicted octanol–water partition coefficient (Wildman–Crippen LogP) is 12.4. The second kappa shape index (κ2) is 40.0. The molecule has 2 N–H and O–H groups in total. The number of rotatable bonds is 42. The van der Waals surface area contributed by atoms with E-state index in [2.05, 4.69) is 19.9 Å². The number of phosphoric acid groups is 1. The number of carbonyl (C=O) groups is 2. The van der Waals surface area contributed by atoms with Gasteiger partial charge in [0.15, 0.2) is 6.10 Å². The molecule has 10 nitrogen and oxygen atoms in total. The number of hydrogen-bond donors (Lipinski definition) is 2. The number of quaternary nitrogens is 1. The normalized spacial score (nSPS) is 14.5. The average molecular weight is 855 g/mol. The van der Waals surface area contributed by atoms with E-state index < -0.39 is 38.6 Å². The zero-order valence-corrected chi connectivity index (χ0v) is 39.2. The third kappa shape index (κ3) is 43.8. The first-order valence-electron chi connectivity index (χ1n) is 23.5. The Morgan fingerprint density at radius 1 is 0.610 bits per heavy atom. The Kier molecular flexibility index (Phi) is 38.6. The summed E-state index contributed by atoms with van der Waals surface area (Å²) < 4.78 is 34.3. The molecule has 0 heterocycles. The number of ether oxygens (including phenoxy) is 2. The minimum Gasteiger partial charge on any atom is -0.462 e. The second-order valence-corrected chi connectivity index (χ2v) is 18.4. The highest BCUT2D eigenvalue weighted by Crippen LogP contribution is 2.43. The number of aliphatic hydroxyl groups excluding tert-OH is 1. The number of carbonyl (C=O) groups excluding carboxylic acids is 2. The molecule has 0 bridgehead atoms. The van der Waals surface area contributed by atoms with Crippen LogP contribution in [-0.2, 0) is 32.7 Å². The first kappa shape index (κ1) is 56.9. The number of likely N-dealkylation sites (N-methyl/N-ethyl adjacent to an activating group) is 1. The summed E-state index contributed by atoms with van der Waals surface area (Å²) in [7, 11) is 1.41. The van der Waals surface area contributed by atoms with Gasteiger partial charge in [-0.1, -0.05) is 178 Å². The average Bonchev–Trinajstić information content (AvgIpc) is 3.18. The van der Waals surface area contributed by atoms with Crippen LogP contribution in [0.3, 0.4) is 0 Å². The Labute approximate surface area is 361 Å². The van der Waals surface area contributed by atoms with Crippen LogP contribution in [0.1, 0.15) is 187 Å². The molecule has 0 rings (SSSR count). The third-order valence-electron chi connectivity index (χ3n) is 9.94. The molecule has 59 heavy (non-hydrogen) atoms. The molecule has 0 spiro atoms. The van der Waals surface area contributed by atoms with Gasteiger partial charge in [-0.2, -0.15) is 0 Å². The van der Waals surface area contributed by atoms with Crippen LogP contribution in [0.15, 0.2) is 48.6 Å².